The van der Waals surface area contributed by atoms with Crippen LogP contribution in [0.2, 0.25) is 0 Å². The Morgan fingerprint density at radius 2 is 0.773 bits per heavy atom. The van der Waals surface area contributed by atoms with Crippen LogP contribution in [0.1, 0.15) is 323 Å². The second-order valence-electron chi connectivity index (χ2n) is 20.4. The molecule has 3 N–H and O–H groups in total. The van der Waals surface area contributed by atoms with Crippen LogP contribution in [-0.4, -0.2) is 46.9 Å². The predicted octanol–water partition coefficient (Wildman–Crippen LogP) is 18.2. The Bertz CT molecular complexity index is 1040. The summed E-state index contributed by atoms with van der Waals surface area (Å²) in [5, 5.41) is 23.9. The molecular weight excluding hydrogens is 815 g/mol. The quantitative estimate of drug-likeness (QED) is 0.0321. The lowest BCUT2D eigenvalue weighted by Gasteiger charge is -2.24. The van der Waals surface area contributed by atoms with Crippen LogP contribution in [0, 0.1) is 0 Å². The maximum atomic E-state index is 13.3. The van der Waals surface area contributed by atoms with Crippen LogP contribution in [0.5, 0.6) is 0 Å². The van der Waals surface area contributed by atoms with E-state index < -0.39 is 18.2 Å². The molecule has 0 aromatic carbocycles. The van der Waals surface area contributed by atoms with E-state index in [1.807, 2.05) is 0 Å². The van der Waals surface area contributed by atoms with E-state index in [2.05, 4.69) is 50.4 Å². The van der Waals surface area contributed by atoms with Crippen molar-refractivity contribution in [1.82, 2.24) is 5.32 Å². The number of hydrogen-bond acceptors (Lipinski definition) is 5. The highest BCUT2D eigenvalue weighted by Crippen LogP contribution is 2.18. The van der Waals surface area contributed by atoms with Gasteiger partial charge in [0.2, 0.25) is 5.91 Å². The van der Waals surface area contributed by atoms with E-state index >= 15 is 0 Å². The number of hydrogen-bond donors (Lipinski definition) is 3. The Labute approximate surface area is 411 Å². The highest BCUT2D eigenvalue weighted by Gasteiger charge is 2.24. The van der Waals surface area contributed by atoms with Gasteiger partial charge in [0.15, 0.2) is 0 Å². The third-order valence-corrected chi connectivity index (χ3v) is 13.8. The lowest BCUT2D eigenvalue weighted by atomic mass is 10.0. The average molecular weight is 931 g/mol. The maximum Gasteiger partial charge on any atom is 0.306 e. The largest absolute Gasteiger partial charge is 0.462 e. The molecule has 0 radical (unpaired) electrons. The minimum atomic E-state index is -0.796. The maximum absolute atomic E-state index is 13.3. The SMILES string of the molecule is CCCCCCCCC/C=C/C=C/CCCC(CC(=O)NC(CO)C(O)CCCCCCCCCCCCCCCCCC)OC(=O)CCCCCCCCCCCCCCCCCCC. The van der Waals surface area contributed by atoms with Gasteiger partial charge in [-0.3, -0.25) is 9.59 Å². The second kappa shape index (κ2) is 54.3. The van der Waals surface area contributed by atoms with Gasteiger partial charge in [-0.05, 0) is 44.9 Å². The summed E-state index contributed by atoms with van der Waals surface area (Å²) in [7, 11) is 0. The number of ether oxygens (including phenoxy) is 1. The van der Waals surface area contributed by atoms with Crippen LogP contribution in [-0.2, 0) is 14.3 Å². The Morgan fingerprint density at radius 1 is 0.439 bits per heavy atom. The monoisotopic (exact) mass is 930 g/mol. The highest BCUT2D eigenvalue weighted by atomic mass is 16.5. The molecule has 6 nitrogen and oxygen atoms in total. The molecule has 0 bridgehead atoms. The minimum Gasteiger partial charge on any atom is -0.462 e. The number of aliphatic hydroxyl groups excluding tert-OH is 2. The zero-order valence-electron chi connectivity index (χ0n) is 44.6. The van der Waals surface area contributed by atoms with E-state index in [1.165, 1.54) is 218 Å². The first-order chi connectivity index (χ1) is 32.5. The number of rotatable bonds is 54. The fraction of sp³-hybridized carbons (Fsp3) is 0.900. The molecule has 0 fully saturated rings. The molecule has 66 heavy (non-hydrogen) atoms. The van der Waals surface area contributed by atoms with Crippen LogP contribution in [0.25, 0.3) is 0 Å². The van der Waals surface area contributed by atoms with Crippen LogP contribution < -0.4 is 5.32 Å². The molecule has 0 aliphatic rings. The summed E-state index contributed by atoms with van der Waals surface area (Å²) in [6, 6.07) is -0.712. The first-order valence-corrected chi connectivity index (χ1v) is 29.6. The second-order valence-corrected chi connectivity index (χ2v) is 20.4. The Hall–Kier alpha value is -1.66. The Balaban J connectivity index is 4.53. The van der Waals surface area contributed by atoms with Crippen molar-refractivity contribution in [2.75, 3.05) is 6.61 Å². The van der Waals surface area contributed by atoms with E-state index in [1.54, 1.807) is 0 Å². The molecule has 0 spiro atoms. The zero-order chi connectivity index (χ0) is 48.1. The lowest BCUT2D eigenvalue weighted by molar-refractivity contribution is -0.151. The predicted molar refractivity (Wildman–Crippen MR) is 287 cm³/mol. The van der Waals surface area contributed by atoms with Crippen molar-refractivity contribution in [2.45, 2.75) is 341 Å². The summed E-state index contributed by atoms with van der Waals surface area (Å²) in [5.41, 5.74) is 0. The normalized spacial score (nSPS) is 13.2. The first-order valence-electron chi connectivity index (χ1n) is 29.6. The van der Waals surface area contributed by atoms with E-state index in [4.69, 9.17) is 4.74 Å². The van der Waals surface area contributed by atoms with E-state index in [0.29, 0.717) is 19.3 Å². The summed E-state index contributed by atoms with van der Waals surface area (Å²) in [5.74, 6) is -0.501. The van der Waals surface area contributed by atoms with Gasteiger partial charge in [-0.2, -0.15) is 0 Å². The molecule has 0 aliphatic heterocycles. The molecule has 0 rings (SSSR count). The van der Waals surface area contributed by atoms with Gasteiger partial charge in [-0.15, -0.1) is 0 Å². The van der Waals surface area contributed by atoms with Gasteiger partial charge in [0.05, 0.1) is 25.2 Å². The Kier molecular flexibility index (Phi) is 52.9. The van der Waals surface area contributed by atoms with E-state index in [9.17, 15) is 19.8 Å². The fourth-order valence-corrected chi connectivity index (χ4v) is 9.31. The average Bonchev–Trinajstić information content (AvgIpc) is 3.31. The third kappa shape index (κ3) is 48.8. The number of allylic oxidation sites excluding steroid dienone is 4. The summed E-state index contributed by atoms with van der Waals surface area (Å²) in [4.78, 5) is 26.3. The fourth-order valence-electron chi connectivity index (χ4n) is 9.31. The van der Waals surface area contributed by atoms with Crippen LogP contribution in [0.15, 0.2) is 24.3 Å². The molecule has 6 heteroatoms. The highest BCUT2D eigenvalue weighted by molar-refractivity contribution is 5.77. The van der Waals surface area contributed by atoms with Crippen molar-refractivity contribution < 1.29 is 24.5 Å². The molecule has 390 valence electrons. The number of unbranched alkanes of at least 4 members (excludes halogenated alkanes) is 39. The number of carbonyl (C=O) groups excluding carboxylic acids is 2. The van der Waals surface area contributed by atoms with Crippen molar-refractivity contribution in [3.63, 3.8) is 0 Å². The first kappa shape index (κ1) is 64.3. The van der Waals surface area contributed by atoms with Gasteiger partial charge in [-0.1, -0.05) is 289 Å². The smallest absolute Gasteiger partial charge is 0.306 e. The molecule has 0 saturated carbocycles. The number of amides is 1. The number of carbonyl (C=O) groups is 2. The van der Waals surface area contributed by atoms with Gasteiger partial charge in [0, 0.05) is 6.42 Å². The van der Waals surface area contributed by atoms with Crippen LogP contribution in [0.3, 0.4) is 0 Å². The van der Waals surface area contributed by atoms with Crippen molar-refractivity contribution in [1.29, 1.82) is 0 Å². The summed E-state index contributed by atoms with van der Waals surface area (Å²) < 4.78 is 5.94. The van der Waals surface area contributed by atoms with Gasteiger partial charge < -0.3 is 20.3 Å². The van der Waals surface area contributed by atoms with Crippen molar-refractivity contribution in [3.05, 3.63) is 24.3 Å². The van der Waals surface area contributed by atoms with E-state index in [-0.39, 0.29) is 24.9 Å². The number of esters is 1. The van der Waals surface area contributed by atoms with Crippen molar-refractivity contribution in [3.8, 4) is 0 Å². The molecule has 0 aliphatic carbocycles. The molecular formula is C60H115NO5. The minimum absolute atomic E-state index is 0.0507. The summed E-state index contributed by atoms with van der Waals surface area (Å²) in [6.45, 7) is 6.51. The lowest BCUT2D eigenvalue weighted by Crippen LogP contribution is -2.46. The van der Waals surface area contributed by atoms with Crippen molar-refractivity contribution in [2.24, 2.45) is 0 Å². The van der Waals surface area contributed by atoms with E-state index in [0.717, 1.165) is 57.8 Å². The number of nitrogens with one attached hydrogen (secondary N) is 1. The standard InChI is InChI=1S/C60H115NO5/c1-4-7-10-13-16-19-22-25-28-30-32-35-38-41-44-47-50-53-60(65)66-56(51-48-45-42-39-36-33-27-24-21-18-15-12-9-6-3)54-59(64)61-57(55-62)58(63)52-49-46-43-40-37-34-31-29-26-23-20-17-14-11-8-5-2/h33,36,39,42,56-58,62-63H,4-32,34-35,37-38,40-41,43-55H2,1-3H3,(H,61,64)/b36-33+,42-39+. The van der Waals surface area contributed by atoms with Crippen LogP contribution >= 0.6 is 0 Å². The number of aliphatic hydroxyl groups is 2. The van der Waals surface area contributed by atoms with Gasteiger partial charge in [0.25, 0.3) is 0 Å². The van der Waals surface area contributed by atoms with Gasteiger partial charge in [-0.25, -0.2) is 0 Å². The van der Waals surface area contributed by atoms with Gasteiger partial charge in [0.1, 0.15) is 6.10 Å². The van der Waals surface area contributed by atoms with Crippen molar-refractivity contribution >= 4 is 11.9 Å². The molecule has 0 aromatic heterocycles. The third-order valence-electron chi connectivity index (χ3n) is 13.8. The summed E-state index contributed by atoms with van der Waals surface area (Å²) in [6.07, 6.45) is 64.0. The topological polar surface area (TPSA) is 95.9 Å². The molecule has 3 unspecified atom stereocenters. The molecule has 0 heterocycles. The Morgan fingerprint density at radius 3 is 1.15 bits per heavy atom. The molecule has 0 aromatic rings. The summed E-state index contributed by atoms with van der Waals surface area (Å²) >= 11 is 0. The molecule has 0 saturated heterocycles. The zero-order valence-corrected chi connectivity index (χ0v) is 44.6. The van der Waals surface area contributed by atoms with Gasteiger partial charge >= 0.3 is 5.97 Å². The molecule has 3 atom stereocenters. The molecule has 1 amide bonds. The van der Waals surface area contributed by atoms with Crippen LogP contribution in [0.4, 0.5) is 0 Å².